The molecule has 6 nitrogen and oxygen atoms in total. The summed E-state index contributed by atoms with van der Waals surface area (Å²) in [7, 11) is 0. The molecule has 1 aliphatic heterocycles. The third-order valence-electron chi connectivity index (χ3n) is 5.35. The van der Waals surface area contributed by atoms with Crippen molar-refractivity contribution in [2.45, 2.75) is 38.6 Å². The van der Waals surface area contributed by atoms with E-state index in [2.05, 4.69) is 27.3 Å². The second-order valence-electron chi connectivity index (χ2n) is 7.61. The lowest BCUT2D eigenvalue weighted by Crippen LogP contribution is -2.50. The number of pyridine rings is 1. The number of nitrogens with zero attached hydrogens (tertiary/aromatic N) is 2. The minimum Gasteiger partial charge on any atom is -0.354 e. The molecule has 1 aliphatic rings. The minimum atomic E-state index is -0.0450. The number of aromatic amines is 1. The van der Waals surface area contributed by atoms with Crippen molar-refractivity contribution in [3.8, 4) is 0 Å². The Morgan fingerprint density at radius 3 is 2.41 bits per heavy atom. The van der Waals surface area contributed by atoms with E-state index in [1.165, 1.54) is 5.56 Å². The molecule has 1 aromatic carbocycles. The topological polar surface area (TPSA) is 66.8 Å². The Labute approximate surface area is 172 Å². The van der Waals surface area contributed by atoms with Gasteiger partial charge >= 0.3 is 0 Å². The molecule has 1 saturated heterocycles. The lowest BCUT2D eigenvalue weighted by atomic mass is 10.1. The van der Waals surface area contributed by atoms with E-state index in [0.29, 0.717) is 13.1 Å². The number of hydrogen-bond acceptors (Lipinski definition) is 3. The van der Waals surface area contributed by atoms with Crippen LogP contribution < -0.4 is 15.2 Å². The second kappa shape index (κ2) is 10.6. The summed E-state index contributed by atoms with van der Waals surface area (Å²) in [5.41, 5.74) is 1.27. The maximum Gasteiger partial charge on any atom is 0.274 e. The number of piperazine rings is 1. The molecule has 0 bridgehead atoms. The van der Waals surface area contributed by atoms with Crippen molar-refractivity contribution < 1.29 is 14.6 Å². The highest BCUT2D eigenvalue weighted by atomic mass is 16.2. The third kappa shape index (κ3) is 6.59. The quantitative estimate of drug-likeness (QED) is 0.744. The van der Waals surface area contributed by atoms with Gasteiger partial charge in [0, 0.05) is 24.9 Å². The van der Waals surface area contributed by atoms with Crippen LogP contribution in [0.15, 0.2) is 54.7 Å². The molecule has 1 atom stereocenters. The van der Waals surface area contributed by atoms with Crippen LogP contribution in [-0.4, -0.2) is 48.9 Å². The van der Waals surface area contributed by atoms with Gasteiger partial charge in [0.1, 0.15) is 13.1 Å². The Hall–Kier alpha value is -2.89. The van der Waals surface area contributed by atoms with Crippen molar-refractivity contribution in [1.29, 1.82) is 0 Å². The fourth-order valence-corrected chi connectivity index (χ4v) is 3.60. The van der Waals surface area contributed by atoms with Crippen molar-refractivity contribution in [3.63, 3.8) is 0 Å². The molecule has 0 radical (unpaired) electrons. The molecule has 3 rings (SSSR count). The molecule has 6 heteroatoms. The van der Waals surface area contributed by atoms with Gasteiger partial charge < -0.3 is 10.2 Å². The van der Waals surface area contributed by atoms with Crippen molar-refractivity contribution in [1.82, 2.24) is 10.2 Å². The number of carbonyl (C=O) groups is 2. The van der Waals surface area contributed by atoms with Gasteiger partial charge in [-0.1, -0.05) is 36.4 Å². The first-order valence-corrected chi connectivity index (χ1v) is 10.4. The van der Waals surface area contributed by atoms with Crippen LogP contribution in [-0.2, 0) is 16.0 Å². The molecule has 2 N–H and O–H groups in total. The maximum atomic E-state index is 12.5. The van der Waals surface area contributed by atoms with E-state index < -0.39 is 0 Å². The molecule has 29 heavy (non-hydrogen) atoms. The van der Waals surface area contributed by atoms with Crippen molar-refractivity contribution in [2.75, 3.05) is 31.1 Å². The molecule has 0 saturated carbocycles. The van der Waals surface area contributed by atoms with E-state index in [0.717, 1.165) is 31.7 Å². The summed E-state index contributed by atoms with van der Waals surface area (Å²) in [5, 5.41) is 3.01. The summed E-state index contributed by atoms with van der Waals surface area (Å²) < 4.78 is 0. The smallest absolute Gasteiger partial charge is 0.274 e. The summed E-state index contributed by atoms with van der Waals surface area (Å²) in [5.74, 6) is 1.09. The van der Waals surface area contributed by atoms with E-state index in [4.69, 9.17) is 0 Å². The zero-order valence-corrected chi connectivity index (χ0v) is 17.1. The normalized spacial score (nSPS) is 15.1. The van der Waals surface area contributed by atoms with Crippen LogP contribution in [0.4, 0.5) is 5.82 Å². The second-order valence-corrected chi connectivity index (χ2v) is 7.61. The molecule has 1 fully saturated rings. The maximum absolute atomic E-state index is 12.5. The fraction of sp³-hybridized carbons (Fsp3) is 0.435. The lowest BCUT2D eigenvalue weighted by Gasteiger charge is -2.31. The number of rotatable bonds is 8. The summed E-state index contributed by atoms with van der Waals surface area (Å²) in [4.78, 5) is 32.0. The Balaban J connectivity index is 1.33. The Kier molecular flexibility index (Phi) is 7.61. The summed E-state index contributed by atoms with van der Waals surface area (Å²) in [6.07, 6.45) is 4.26. The first kappa shape index (κ1) is 20.8. The van der Waals surface area contributed by atoms with Crippen molar-refractivity contribution in [3.05, 3.63) is 60.3 Å². The predicted octanol–water partition coefficient (Wildman–Crippen LogP) is 2.07. The number of anilines is 1. The fourth-order valence-electron chi connectivity index (χ4n) is 3.60. The number of carbonyl (C=O) groups excluding carboxylic acids is 2. The molecular formula is C23H31N4O2+. The zero-order valence-electron chi connectivity index (χ0n) is 17.1. The lowest BCUT2D eigenvalue weighted by molar-refractivity contribution is -0.364. The van der Waals surface area contributed by atoms with E-state index >= 15 is 0 Å². The third-order valence-corrected chi connectivity index (χ3v) is 5.35. The van der Waals surface area contributed by atoms with E-state index in [1.54, 1.807) is 0 Å². The van der Waals surface area contributed by atoms with Gasteiger partial charge in [-0.3, -0.25) is 14.5 Å². The Morgan fingerprint density at radius 2 is 1.72 bits per heavy atom. The average Bonchev–Trinajstić information content (AvgIpc) is 2.77. The largest absolute Gasteiger partial charge is 0.354 e. The number of aryl methyl sites for hydroxylation is 1. The molecule has 0 aliphatic carbocycles. The molecule has 154 valence electrons. The van der Waals surface area contributed by atoms with Gasteiger partial charge in [-0.15, -0.1) is 0 Å². The standard InChI is InChI=1S/C23H30N4O2/c1-19(10-11-20-7-3-2-4-8-20)25-22(28)12-13-23(29)27-17-15-26(16-18-27)21-9-5-6-14-24-21/h2-9,14,19H,10-13,15-18H2,1H3,(H,25,28)/p+1/t19-/m0/s1. The summed E-state index contributed by atoms with van der Waals surface area (Å²) in [6.45, 7) is 5.00. The van der Waals surface area contributed by atoms with Crippen LogP contribution in [0.1, 0.15) is 31.7 Å². The number of hydrogen-bond donors (Lipinski definition) is 1. The van der Waals surface area contributed by atoms with Crippen LogP contribution in [0.5, 0.6) is 0 Å². The molecule has 2 heterocycles. The number of nitrogens with one attached hydrogen (secondary N) is 2. The highest BCUT2D eigenvalue weighted by Gasteiger charge is 2.26. The predicted molar refractivity (Wildman–Crippen MR) is 113 cm³/mol. The molecule has 2 aromatic rings. The van der Waals surface area contributed by atoms with E-state index in [9.17, 15) is 9.59 Å². The van der Waals surface area contributed by atoms with Gasteiger partial charge in [-0.2, -0.15) is 0 Å². The monoisotopic (exact) mass is 395 g/mol. The van der Waals surface area contributed by atoms with Gasteiger partial charge in [-0.05, 0) is 31.4 Å². The van der Waals surface area contributed by atoms with Crippen LogP contribution in [0.3, 0.4) is 0 Å². The molecule has 1 aromatic heterocycles. The zero-order chi connectivity index (χ0) is 20.5. The first-order chi connectivity index (χ1) is 14.1. The van der Waals surface area contributed by atoms with Crippen LogP contribution in [0.25, 0.3) is 0 Å². The Bertz CT molecular complexity index is 774. The number of amides is 2. The Morgan fingerprint density at radius 1 is 1.00 bits per heavy atom. The van der Waals surface area contributed by atoms with Gasteiger partial charge in [-0.25, -0.2) is 4.98 Å². The molecular weight excluding hydrogens is 364 g/mol. The van der Waals surface area contributed by atoms with Gasteiger partial charge in [0.25, 0.3) is 5.82 Å². The number of H-pyrrole nitrogens is 1. The first-order valence-electron chi connectivity index (χ1n) is 10.4. The molecule has 0 unspecified atom stereocenters. The average molecular weight is 396 g/mol. The van der Waals surface area contributed by atoms with Crippen LogP contribution >= 0.6 is 0 Å². The number of aromatic nitrogens is 1. The summed E-state index contributed by atoms with van der Waals surface area (Å²) in [6, 6.07) is 16.4. The molecule has 2 amide bonds. The minimum absolute atomic E-state index is 0.0450. The van der Waals surface area contributed by atoms with Crippen LogP contribution in [0.2, 0.25) is 0 Å². The van der Waals surface area contributed by atoms with E-state index in [-0.39, 0.29) is 30.7 Å². The summed E-state index contributed by atoms with van der Waals surface area (Å²) >= 11 is 0. The SMILES string of the molecule is C[C@@H](CCc1ccccc1)NC(=O)CCC(=O)N1CCN(c2cccc[nH+]2)CC1. The van der Waals surface area contributed by atoms with Crippen molar-refractivity contribution >= 4 is 17.6 Å². The highest BCUT2D eigenvalue weighted by molar-refractivity contribution is 5.84. The molecule has 0 spiro atoms. The van der Waals surface area contributed by atoms with Gasteiger partial charge in [0.15, 0.2) is 0 Å². The highest BCUT2D eigenvalue weighted by Crippen LogP contribution is 2.11. The van der Waals surface area contributed by atoms with Crippen LogP contribution in [0, 0.1) is 0 Å². The van der Waals surface area contributed by atoms with Gasteiger partial charge in [0.05, 0.1) is 19.3 Å². The van der Waals surface area contributed by atoms with Crippen molar-refractivity contribution in [2.24, 2.45) is 0 Å². The number of benzene rings is 1. The van der Waals surface area contributed by atoms with E-state index in [1.807, 2.05) is 54.4 Å². The van der Waals surface area contributed by atoms with Gasteiger partial charge in [0.2, 0.25) is 11.8 Å².